The van der Waals surface area contributed by atoms with Crippen LogP contribution in [0.2, 0.25) is 0 Å². The first-order chi connectivity index (χ1) is 12.4. The molecule has 1 heterocycles. The lowest BCUT2D eigenvalue weighted by molar-refractivity contribution is -0.0526. The molecular formula is C19H31F3O4S. The van der Waals surface area contributed by atoms with E-state index in [2.05, 4.69) is 24.3 Å². The van der Waals surface area contributed by atoms with E-state index in [9.17, 15) is 21.6 Å². The van der Waals surface area contributed by atoms with E-state index in [1.165, 1.54) is 0 Å². The van der Waals surface area contributed by atoms with Crippen LogP contribution in [0.5, 0.6) is 0 Å². The van der Waals surface area contributed by atoms with Gasteiger partial charge in [0.2, 0.25) is 0 Å². The molecule has 0 aromatic carbocycles. The van der Waals surface area contributed by atoms with Crippen molar-refractivity contribution in [3.63, 3.8) is 0 Å². The van der Waals surface area contributed by atoms with Gasteiger partial charge < -0.3 is 8.92 Å². The van der Waals surface area contributed by atoms with Crippen LogP contribution in [0.25, 0.3) is 0 Å². The Bertz CT molecular complexity index is 613. The second kappa shape index (κ2) is 9.96. The molecule has 1 aliphatic heterocycles. The maximum absolute atomic E-state index is 12.4. The van der Waals surface area contributed by atoms with Crippen molar-refractivity contribution in [3.8, 4) is 0 Å². The molecule has 8 heteroatoms. The second-order valence-electron chi connectivity index (χ2n) is 7.52. The van der Waals surface area contributed by atoms with E-state index in [1.54, 1.807) is 6.92 Å². The highest BCUT2D eigenvalue weighted by molar-refractivity contribution is 7.87. The number of unbranched alkanes of at least 4 members (excludes halogenated alkanes) is 1. The number of rotatable bonds is 11. The van der Waals surface area contributed by atoms with Crippen LogP contribution in [-0.4, -0.2) is 26.1 Å². The Morgan fingerprint density at radius 3 is 2.52 bits per heavy atom. The van der Waals surface area contributed by atoms with Crippen LogP contribution in [0.3, 0.4) is 0 Å². The summed E-state index contributed by atoms with van der Waals surface area (Å²) in [6.07, 6.45) is 6.50. The molecule has 0 spiro atoms. The summed E-state index contributed by atoms with van der Waals surface area (Å²) in [7, 11) is -5.66. The number of ether oxygens (including phenoxy) is 1. The molecular weight excluding hydrogens is 381 g/mol. The van der Waals surface area contributed by atoms with E-state index in [4.69, 9.17) is 4.74 Å². The van der Waals surface area contributed by atoms with Gasteiger partial charge in [0.1, 0.15) is 5.76 Å². The molecule has 1 saturated heterocycles. The molecule has 0 amide bonds. The van der Waals surface area contributed by atoms with Crippen LogP contribution in [0.15, 0.2) is 24.5 Å². The SMILES string of the molecule is C=C1C[C@H](CCCC)OC1CC[C@@H](C)C[C@@H](C)C(=C)OS(=O)(=O)C(F)(F)F. The van der Waals surface area contributed by atoms with Crippen LogP contribution in [0, 0.1) is 11.8 Å². The van der Waals surface area contributed by atoms with Gasteiger partial charge in [-0.05, 0) is 43.6 Å². The van der Waals surface area contributed by atoms with Gasteiger partial charge in [0, 0.05) is 5.92 Å². The van der Waals surface area contributed by atoms with Crippen molar-refractivity contribution < 1.29 is 30.5 Å². The van der Waals surface area contributed by atoms with Crippen LogP contribution in [0.1, 0.15) is 65.7 Å². The van der Waals surface area contributed by atoms with Crippen molar-refractivity contribution in [2.45, 2.75) is 83.4 Å². The average molecular weight is 413 g/mol. The van der Waals surface area contributed by atoms with Gasteiger partial charge in [-0.2, -0.15) is 21.6 Å². The number of alkyl halides is 3. The van der Waals surface area contributed by atoms with Crippen molar-refractivity contribution in [1.29, 1.82) is 0 Å². The summed E-state index contributed by atoms with van der Waals surface area (Å²) in [4.78, 5) is 0. The Hall–Kier alpha value is -1.02. The van der Waals surface area contributed by atoms with E-state index in [0.29, 0.717) is 6.42 Å². The summed E-state index contributed by atoms with van der Waals surface area (Å²) in [5.41, 5.74) is -4.35. The van der Waals surface area contributed by atoms with Crippen molar-refractivity contribution in [2.24, 2.45) is 11.8 Å². The van der Waals surface area contributed by atoms with Crippen molar-refractivity contribution in [2.75, 3.05) is 0 Å². The fourth-order valence-corrected chi connectivity index (χ4v) is 3.77. The summed E-state index contributed by atoms with van der Waals surface area (Å²) < 4.78 is 69.4. The number of allylic oxidation sites excluding steroid dienone is 1. The van der Waals surface area contributed by atoms with E-state index in [1.807, 2.05) is 6.92 Å². The fourth-order valence-electron chi connectivity index (χ4n) is 3.23. The highest BCUT2D eigenvalue weighted by Crippen LogP contribution is 2.33. The number of halogens is 3. The molecule has 1 unspecified atom stereocenters. The summed E-state index contributed by atoms with van der Waals surface area (Å²) in [6, 6.07) is 0. The molecule has 0 saturated carbocycles. The van der Waals surface area contributed by atoms with E-state index >= 15 is 0 Å². The zero-order valence-electron chi connectivity index (χ0n) is 16.3. The van der Waals surface area contributed by atoms with Gasteiger partial charge in [0.25, 0.3) is 0 Å². The number of hydrogen-bond donors (Lipinski definition) is 0. The largest absolute Gasteiger partial charge is 0.534 e. The van der Waals surface area contributed by atoms with Crippen LogP contribution in [0.4, 0.5) is 13.2 Å². The van der Waals surface area contributed by atoms with Crippen LogP contribution < -0.4 is 0 Å². The van der Waals surface area contributed by atoms with Crippen LogP contribution >= 0.6 is 0 Å². The second-order valence-corrected chi connectivity index (χ2v) is 9.06. The molecule has 4 atom stereocenters. The minimum atomic E-state index is -5.66. The predicted molar refractivity (Wildman–Crippen MR) is 99.3 cm³/mol. The molecule has 1 fully saturated rings. The first-order valence-corrected chi connectivity index (χ1v) is 10.8. The van der Waals surface area contributed by atoms with Gasteiger partial charge in [0.15, 0.2) is 0 Å². The zero-order chi connectivity index (χ0) is 20.8. The number of hydrogen-bond acceptors (Lipinski definition) is 4. The Morgan fingerprint density at radius 1 is 1.33 bits per heavy atom. The molecule has 0 aliphatic carbocycles. The fraction of sp³-hybridized carbons (Fsp3) is 0.789. The molecule has 4 nitrogen and oxygen atoms in total. The maximum Gasteiger partial charge on any atom is 0.534 e. The third-order valence-corrected chi connectivity index (χ3v) is 5.91. The van der Waals surface area contributed by atoms with Gasteiger partial charge in [0.05, 0.1) is 12.2 Å². The average Bonchev–Trinajstić information content (AvgIpc) is 2.89. The Kier molecular flexibility index (Phi) is 8.86. The predicted octanol–water partition coefficient (Wildman–Crippen LogP) is 5.71. The van der Waals surface area contributed by atoms with Crippen molar-refractivity contribution >= 4 is 10.1 Å². The standard InChI is InChI=1S/C19H31F3O4S/c1-6-7-8-17-12-15(4)18(25-17)10-9-13(2)11-14(3)16(5)26-27(23,24)19(20,21)22/h13-14,17-18H,4-12H2,1-3H3/t13-,14-,17+,18?/m1/s1. The molecule has 27 heavy (non-hydrogen) atoms. The Labute approximate surface area is 160 Å². The molecule has 0 aromatic rings. The third kappa shape index (κ3) is 7.49. The van der Waals surface area contributed by atoms with Gasteiger partial charge >= 0.3 is 15.6 Å². The third-order valence-electron chi connectivity index (χ3n) is 4.91. The lowest BCUT2D eigenvalue weighted by Gasteiger charge is -2.21. The molecule has 158 valence electrons. The van der Waals surface area contributed by atoms with Gasteiger partial charge in [-0.25, -0.2) is 0 Å². The van der Waals surface area contributed by atoms with Gasteiger partial charge in [-0.1, -0.05) is 46.8 Å². The summed E-state index contributed by atoms with van der Waals surface area (Å²) in [5, 5.41) is 0. The molecule has 0 radical (unpaired) electrons. The first-order valence-electron chi connectivity index (χ1n) is 9.40. The highest BCUT2D eigenvalue weighted by atomic mass is 32.2. The summed E-state index contributed by atoms with van der Waals surface area (Å²) in [5.74, 6) is -0.748. The zero-order valence-corrected chi connectivity index (χ0v) is 17.2. The topological polar surface area (TPSA) is 52.6 Å². The summed E-state index contributed by atoms with van der Waals surface area (Å²) in [6.45, 7) is 13.2. The lowest BCUT2D eigenvalue weighted by Crippen LogP contribution is -2.26. The van der Waals surface area contributed by atoms with E-state index in [0.717, 1.165) is 44.1 Å². The smallest absolute Gasteiger partial charge is 0.381 e. The Morgan fingerprint density at radius 2 is 1.96 bits per heavy atom. The molecule has 1 rings (SSSR count). The Balaban J connectivity index is 2.42. The van der Waals surface area contributed by atoms with E-state index in [-0.39, 0.29) is 23.9 Å². The van der Waals surface area contributed by atoms with Gasteiger partial charge in [-0.15, -0.1) is 0 Å². The molecule has 0 aromatic heterocycles. The van der Waals surface area contributed by atoms with E-state index < -0.39 is 21.5 Å². The normalized spacial score (nSPS) is 23.3. The first kappa shape index (κ1) is 24.0. The minimum Gasteiger partial charge on any atom is -0.381 e. The van der Waals surface area contributed by atoms with Crippen molar-refractivity contribution in [1.82, 2.24) is 0 Å². The minimum absolute atomic E-state index is 0.0228. The highest BCUT2D eigenvalue weighted by Gasteiger charge is 2.49. The van der Waals surface area contributed by atoms with Gasteiger partial charge in [-0.3, -0.25) is 0 Å². The quantitative estimate of drug-likeness (QED) is 0.189. The maximum atomic E-state index is 12.4. The lowest BCUT2D eigenvalue weighted by atomic mass is 9.91. The monoisotopic (exact) mass is 412 g/mol. The van der Waals surface area contributed by atoms with Crippen molar-refractivity contribution in [3.05, 3.63) is 24.5 Å². The molecule has 0 bridgehead atoms. The molecule has 1 aliphatic rings. The summed E-state index contributed by atoms with van der Waals surface area (Å²) >= 11 is 0. The van der Waals surface area contributed by atoms with Crippen LogP contribution in [-0.2, 0) is 19.0 Å². The molecule has 0 N–H and O–H groups in total.